The van der Waals surface area contributed by atoms with E-state index in [-0.39, 0.29) is 10.8 Å². The van der Waals surface area contributed by atoms with Crippen LogP contribution in [0.2, 0.25) is 0 Å². The summed E-state index contributed by atoms with van der Waals surface area (Å²) in [6.07, 6.45) is 3.49. The van der Waals surface area contributed by atoms with E-state index in [2.05, 4.69) is 10.4 Å². The molecular formula is C19H19N3O3S. The summed E-state index contributed by atoms with van der Waals surface area (Å²) in [6.45, 7) is 3.26. The van der Waals surface area contributed by atoms with Crippen LogP contribution >= 0.6 is 0 Å². The molecule has 0 unspecified atom stereocenters. The van der Waals surface area contributed by atoms with Crippen LogP contribution in [0.5, 0.6) is 0 Å². The van der Waals surface area contributed by atoms with Gasteiger partial charge in [-0.3, -0.25) is 4.79 Å². The fourth-order valence-electron chi connectivity index (χ4n) is 2.42. The molecule has 7 heteroatoms. The van der Waals surface area contributed by atoms with Gasteiger partial charge in [-0.05, 0) is 62.4 Å². The first-order valence-corrected chi connectivity index (χ1v) is 9.68. The second-order valence-corrected chi connectivity index (χ2v) is 8.58. The summed E-state index contributed by atoms with van der Waals surface area (Å²) in [6, 6.07) is 15.1. The maximum absolute atomic E-state index is 12.4. The number of nitrogens with one attached hydrogen (secondary N) is 1. The first-order chi connectivity index (χ1) is 12.4. The number of aromatic nitrogens is 2. The molecule has 0 saturated heterocycles. The van der Waals surface area contributed by atoms with Gasteiger partial charge in [0.1, 0.15) is 0 Å². The molecule has 3 rings (SSSR count). The molecule has 134 valence electrons. The fourth-order valence-corrected chi connectivity index (χ4v) is 3.48. The molecule has 0 aliphatic heterocycles. The van der Waals surface area contributed by atoms with Crippen molar-refractivity contribution in [3.05, 3.63) is 72.6 Å². The second-order valence-electron chi connectivity index (χ2n) is 6.07. The van der Waals surface area contributed by atoms with E-state index in [1.165, 1.54) is 24.3 Å². The second kappa shape index (κ2) is 7.13. The Kier molecular flexibility index (Phi) is 4.90. The molecular weight excluding hydrogens is 350 g/mol. The summed E-state index contributed by atoms with van der Waals surface area (Å²) >= 11 is 0. The first kappa shape index (κ1) is 17.9. The highest BCUT2D eigenvalue weighted by molar-refractivity contribution is 7.92. The number of benzene rings is 2. The van der Waals surface area contributed by atoms with Crippen LogP contribution in [-0.4, -0.2) is 29.4 Å². The van der Waals surface area contributed by atoms with Crippen molar-refractivity contribution in [2.75, 3.05) is 5.32 Å². The van der Waals surface area contributed by atoms with E-state index in [9.17, 15) is 13.2 Å². The molecule has 1 N–H and O–H groups in total. The van der Waals surface area contributed by atoms with Gasteiger partial charge in [-0.1, -0.05) is 6.07 Å². The molecule has 3 aromatic rings. The third-order valence-electron chi connectivity index (χ3n) is 3.94. The standard InChI is InChI=1S/C19H19N3O3S/c1-14(2)26(24,25)18-9-7-15(8-10-18)19(23)21-16-5-3-6-17(13-16)22-12-4-11-20-22/h3-14H,1-2H3,(H,21,23). The average Bonchev–Trinajstić information content (AvgIpc) is 3.16. The van der Waals surface area contributed by atoms with Crippen molar-refractivity contribution in [2.24, 2.45) is 0 Å². The van der Waals surface area contributed by atoms with Gasteiger partial charge in [-0.15, -0.1) is 0 Å². The van der Waals surface area contributed by atoms with Gasteiger partial charge in [0.05, 0.1) is 15.8 Å². The van der Waals surface area contributed by atoms with E-state index >= 15 is 0 Å². The van der Waals surface area contributed by atoms with Gasteiger partial charge < -0.3 is 5.32 Å². The third-order valence-corrected chi connectivity index (χ3v) is 6.11. The molecule has 2 aromatic carbocycles. The number of hydrogen-bond acceptors (Lipinski definition) is 4. The van der Waals surface area contributed by atoms with Crippen LogP contribution in [0.4, 0.5) is 5.69 Å². The quantitative estimate of drug-likeness (QED) is 0.748. The largest absolute Gasteiger partial charge is 0.322 e. The van der Waals surface area contributed by atoms with Gasteiger partial charge in [0, 0.05) is 23.6 Å². The fraction of sp³-hybridized carbons (Fsp3) is 0.158. The van der Waals surface area contributed by atoms with E-state index in [4.69, 9.17) is 0 Å². The molecule has 0 saturated carbocycles. The summed E-state index contributed by atoms with van der Waals surface area (Å²) in [5.74, 6) is -0.309. The molecule has 1 aromatic heterocycles. The summed E-state index contributed by atoms with van der Waals surface area (Å²) < 4.78 is 26.0. The van der Waals surface area contributed by atoms with Crippen molar-refractivity contribution in [3.8, 4) is 5.69 Å². The molecule has 1 amide bonds. The molecule has 0 spiro atoms. The molecule has 0 bridgehead atoms. The van der Waals surface area contributed by atoms with E-state index in [0.29, 0.717) is 11.3 Å². The highest BCUT2D eigenvalue weighted by atomic mass is 32.2. The van der Waals surface area contributed by atoms with Crippen LogP contribution in [0.1, 0.15) is 24.2 Å². The minimum Gasteiger partial charge on any atom is -0.322 e. The minimum atomic E-state index is -3.35. The van der Waals surface area contributed by atoms with Crippen LogP contribution < -0.4 is 5.32 Å². The highest BCUT2D eigenvalue weighted by Crippen LogP contribution is 2.18. The van der Waals surface area contributed by atoms with Crippen LogP contribution in [0.3, 0.4) is 0 Å². The Bertz CT molecular complexity index is 1010. The first-order valence-electron chi connectivity index (χ1n) is 8.13. The van der Waals surface area contributed by atoms with Gasteiger partial charge in [-0.2, -0.15) is 5.10 Å². The SMILES string of the molecule is CC(C)S(=O)(=O)c1ccc(C(=O)Nc2cccc(-n3cccn3)c2)cc1. The average molecular weight is 369 g/mol. The van der Waals surface area contributed by atoms with Crippen molar-refractivity contribution in [1.29, 1.82) is 0 Å². The number of amides is 1. The molecule has 0 fully saturated rings. The topological polar surface area (TPSA) is 81.1 Å². The number of hydrogen-bond donors (Lipinski definition) is 1. The maximum atomic E-state index is 12.4. The van der Waals surface area contributed by atoms with E-state index in [0.717, 1.165) is 5.69 Å². The maximum Gasteiger partial charge on any atom is 0.255 e. The van der Waals surface area contributed by atoms with Crippen molar-refractivity contribution in [3.63, 3.8) is 0 Å². The molecule has 0 radical (unpaired) electrons. The van der Waals surface area contributed by atoms with Crippen molar-refractivity contribution in [2.45, 2.75) is 24.0 Å². The number of carbonyl (C=O) groups is 1. The molecule has 0 aliphatic rings. The van der Waals surface area contributed by atoms with Gasteiger partial charge in [-0.25, -0.2) is 13.1 Å². The monoisotopic (exact) mass is 369 g/mol. The molecule has 0 atom stereocenters. The Hall–Kier alpha value is -2.93. The number of nitrogens with zero attached hydrogens (tertiary/aromatic N) is 2. The van der Waals surface area contributed by atoms with Crippen molar-refractivity contribution >= 4 is 21.4 Å². The molecule has 26 heavy (non-hydrogen) atoms. The Morgan fingerprint density at radius 2 is 1.81 bits per heavy atom. The molecule has 0 aliphatic carbocycles. The Morgan fingerprint density at radius 1 is 1.08 bits per heavy atom. The highest BCUT2D eigenvalue weighted by Gasteiger charge is 2.19. The predicted molar refractivity (Wildman–Crippen MR) is 100 cm³/mol. The van der Waals surface area contributed by atoms with Crippen LogP contribution in [0.25, 0.3) is 5.69 Å². The van der Waals surface area contributed by atoms with Crippen molar-refractivity contribution < 1.29 is 13.2 Å². The summed E-state index contributed by atoms with van der Waals surface area (Å²) in [4.78, 5) is 12.6. The van der Waals surface area contributed by atoms with Crippen LogP contribution in [0.15, 0.2) is 71.9 Å². The Balaban J connectivity index is 1.78. The summed E-state index contributed by atoms with van der Waals surface area (Å²) in [7, 11) is -3.35. The summed E-state index contributed by atoms with van der Waals surface area (Å²) in [5.41, 5.74) is 1.84. The lowest BCUT2D eigenvalue weighted by Gasteiger charge is -2.10. The Morgan fingerprint density at radius 3 is 2.42 bits per heavy atom. The molecule has 6 nitrogen and oxygen atoms in total. The van der Waals surface area contributed by atoms with Crippen LogP contribution in [-0.2, 0) is 9.84 Å². The normalized spacial score (nSPS) is 11.5. The Labute approximate surface area is 152 Å². The van der Waals surface area contributed by atoms with E-state index in [1.54, 1.807) is 30.8 Å². The van der Waals surface area contributed by atoms with E-state index < -0.39 is 15.1 Å². The van der Waals surface area contributed by atoms with Gasteiger partial charge in [0.2, 0.25) is 0 Å². The zero-order valence-corrected chi connectivity index (χ0v) is 15.3. The number of carbonyl (C=O) groups excluding carboxylic acids is 1. The third kappa shape index (κ3) is 3.67. The lowest BCUT2D eigenvalue weighted by molar-refractivity contribution is 0.102. The zero-order valence-electron chi connectivity index (χ0n) is 14.5. The van der Waals surface area contributed by atoms with Gasteiger partial charge in [0.15, 0.2) is 9.84 Å². The van der Waals surface area contributed by atoms with Gasteiger partial charge in [0.25, 0.3) is 5.91 Å². The van der Waals surface area contributed by atoms with E-state index in [1.807, 2.05) is 30.5 Å². The predicted octanol–water partition coefficient (Wildman–Crippen LogP) is 3.31. The number of rotatable bonds is 5. The minimum absolute atomic E-state index is 0.213. The molecule has 1 heterocycles. The zero-order chi connectivity index (χ0) is 18.7. The van der Waals surface area contributed by atoms with Gasteiger partial charge >= 0.3 is 0 Å². The van der Waals surface area contributed by atoms with Crippen molar-refractivity contribution in [1.82, 2.24) is 9.78 Å². The van der Waals surface area contributed by atoms with Crippen LogP contribution in [0, 0.1) is 0 Å². The lowest BCUT2D eigenvalue weighted by Crippen LogP contribution is -2.15. The number of anilines is 1. The smallest absolute Gasteiger partial charge is 0.255 e. The summed E-state index contributed by atoms with van der Waals surface area (Å²) in [5, 5.41) is 6.46. The lowest BCUT2D eigenvalue weighted by atomic mass is 10.2. The number of sulfone groups is 1.